The SMILES string of the molecule is Cc1ccc(C)c(-n2ccnc2SCC(=O)Nc2cccc(-n3cnnn3)c2)c1. The van der Waals surface area contributed by atoms with Crippen molar-refractivity contribution in [1.29, 1.82) is 0 Å². The maximum absolute atomic E-state index is 12.5. The molecule has 29 heavy (non-hydrogen) atoms. The van der Waals surface area contributed by atoms with E-state index in [2.05, 4.69) is 57.9 Å². The summed E-state index contributed by atoms with van der Waals surface area (Å²) in [6.45, 7) is 4.12. The second-order valence-corrected chi connectivity index (χ2v) is 7.45. The monoisotopic (exact) mass is 405 g/mol. The molecule has 0 aliphatic rings. The van der Waals surface area contributed by atoms with Gasteiger partial charge in [-0.05, 0) is 59.7 Å². The zero-order valence-electron chi connectivity index (χ0n) is 16.0. The van der Waals surface area contributed by atoms with Crippen LogP contribution in [0.2, 0.25) is 0 Å². The third-order valence-electron chi connectivity index (χ3n) is 4.31. The van der Waals surface area contributed by atoms with Gasteiger partial charge >= 0.3 is 0 Å². The molecule has 0 unspecified atom stereocenters. The maximum atomic E-state index is 12.5. The minimum atomic E-state index is -0.112. The van der Waals surface area contributed by atoms with Crippen molar-refractivity contribution in [3.05, 3.63) is 72.3 Å². The van der Waals surface area contributed by atoms with Crippen LogP contribution in [0.4, 0.5) is 5.69 Å². The van der Waals surface area contributed by atoms with E-state index >= 15 is 0 Å². The van der Waals surface area contributed by atoms with Gasteiger partial charge in [-0.15, -0.1) is 5.10 Å². The predicted molar refractivity (Wildman–Crippen MR) is 112 cm³/mol. The zero-order valence-corrected chi connectivity index (χ0v) is 16.8. The topological polar surface area (TPSA) is 90.5 Å². The lowest BCUT2D eigenvalue weighted by Gasteiger charge is -2.11. The average molecular weight is 405 g/mol. The Morgan fingerprint density at radius 1 is 1.17 bits per heavy atom. The van der Waals surface area contributed by atoms with Crippen LogP contribution in [-0.4, -0.2) is 41.4 Å². The van der Waals surface area contributed by atoms with Crippen LogP contribution >= 0.6 is 11.8 Å². The summed E-state index contributed by atoms with van der Waals surface area (Å²) >= 11 is 1.39. The Balaban J connectivity index is 1.43. The molecule has 2 aromatic heterocycles. The molecule has 0 atom stereocenters. The van der Waals surface area contributed by atoms with Crippen molar-refractivity contribution in [1.82, 2.24) is 29.8 Å². The van der Waals surface area contributed by atoms with Crippen LogP contribution < -0.4 is 5.32 Å². The Kier molecular flexibility index (Phi) is 5.39. The molecule has 0 aliphatic heterocycles. The molecule has 0 radical (unpaired) electrons. The van der Waals surface area contributed by atoms with Gasteiger partial charge in [-0.1, -0.05) is 30.0 Å². The smallest absolute Gasteiger partial charge is 0.234 e. The minimum absolute atomic E-state index is 0.112. The highest BCUT2D eigenvalue weighted by molar-refractivity contribution is 7.99. The first-order chi connectivity index (χ1) is 14.1. The number of tetrazole rings is 1. The fourth-order valence-electron chi connectivity index (χ4n) is 2.89. The third kappa shape index (κ3) is 4.35. The van der Waals surface area contributed by atoms with E-state index in [0.717, 1.165) is 22.1 Å². The van der Waals surface area contributed by atoms with E-state index in [4.69, 9.17) is 0 Å². The van der Waals surface area contributed by atoms with E-state index in [-0.39, 0.29) is 11.7 Å². The number of aromatic nitrogens is 6. The van der Waals surface area contributed by atoms with E-state index in [9.17, 15) is 4.79 Å². The molecular formula is C20H19N7OS. The number of hydrogen-bond donors (Lipinski definition) is 1. The number of nitrogens with one attached hydrogen (secondary N) is 1. The van der Waals surface area contributed by atoms with Gasteiger partial charge in [-0.2, -0.15) is 0 Å². The highest BCUT2D eigenvalue weighted by Crippen LogP contribution is 2.24. The lowest BCUT2D eigenvalue weighted by Crippen LogP contribution is -2.14. The van der Waals surface area contributed by atoms with Crippen LogP contribution in [0.25, 0.3) is 11.4 Å². The number of thioether (sulfide) groups is 1. The Hall–Kier alpha value is -3.46. The van der Waals surface area contributed by atoms with Gasteiger partial charge in [-0.3, -0.25) is 9.36 Å². The summed E-state index contributed by atoms with van der Waals surface area (Å²) in [5.74, 6) is 0.135. The van der Waals surface area contributed by atoms with Gasteiger partial charge in [-0.25, -0.2) is 9.67 Å². The summed E-state index contributed by atoms with van der Waals surface area (Å²) in [7, 11) is 0. The van der Waals surface area contributed by atoms with Crippen LogP contribution in [0.1, 0.15) is 11.1 Å². The normalized spacial score (nSPS) is 10.8. The second-order valence-electron chi connectivity index (χ2n) is 6.51. The zero-order chi connectivity index (χ0) is 20.2. The van der Waals surface area contributed by atoms with Gasteiger partial charge in [0.15, 0.2) is 5.16 Å². The number of hydrogen-bond acceptors (Lipinski definition) is 6. The summed E-state index contributed by atoms with van der Waals surface area (Å²) in [5, 5.41) is 14.8. The molecule has 9 heteroatoms. The summed E-state index contributed by atoms with van der Waals surface area (Å²) in [4.78, 5) is 16.9. The van der Waals surface area contributed by atoms with Gasteiger partial charge in [0.05, 0.1) is 17.1 Å². The maximum Gasteiger partial charge on any atom is 0.234 e. The average Bonchev–Trinajstić information content (AvgIpc) is 3.40. The summed E-state index contributed by atoms with van der Waals surface area (Å²) in [5.41, 5.74) is 4.85. The van der Waals surface area contributed by atoms with Crippen LogP contribution in [0, 0.1) is 13.8 Å². The number of carbonyl (C=O) groups is 1. The summed E-state index contributed by atoms with van der Waals surface area (Å²) < 4.78 is 3.55. The molecule has 1 amide bonds. The molecule has 1 N–H and O–H groups in total. The molecule has 4 aromatic rings. The van der Waals surface area contributed by atoms with E-state index in [1.165, 1.54) is 28.3 Å². The molecule has 0 aliphatic carbocycles. The third-order valence-corrected chi connectivity index (χ3v) is 5.27. The first-order valence-corrected chi connectivity index (χ1v) is 9.96. The molecule has 0 saturated heterocycles. The molecule has 0 saturated carbocycles. The second kappa shape index (κ2) is 8.27. The first-order valence-electron chi connectivity index (χ1n) is 8.97. The fourth-order valence-corrected chi connectivity index (χ4v) is 3.66. The molecule has 2 aromatic carbocycles. The summed E-state index contributed by atoms with van der Waals surface area (Å²) in [6, 6.07) is 13.6. The van der Waals surface area contributed by atoms with Crippen molar-refractivity contribution in [3.8, 4) is 11.4 Å². The van der Waals surface area contributed by atoms with Crippen molar-refractivity contribution < 1.29 is 4.79 Å². The summed E-state index contributed by atoms with van der Waals surface area (Å²) in [6.07, 6.45) is 5.17. The highest BCUT2D eigenvalue weighted by Gasteiger charge is 2.11. The Bertz CT molecular complexity index is 1140. The van der Waals surface area contributed by atoms with Crippen LogP contribution in [0.15, 0.2) is 66.3 Å². The van der Waals surface area contributed by atoms with Crippen LogP contribution in [0.5, 0.6) is 0 Å². The van der Waals surface area contributed by atoms with Crippen molar-refractivity contribution in [2.75, 3.05) is 11.1 Å². The van der Waals surface area contributed by atoms with E-state index in [1.807, 2.05) is 35.0 Å². The van der Waals surface area contributed by atoms with Gasteiger partial charge in [0.1, 0.15) is 6.33 Å². The molecular weight excluding hydrogens is 386 g/mol. The Labute approximate surface area is 172 Å². The fraction of sp³-hybridized carbons (Fsp3) is 0.150. The van der Waals surface area contributed by atoms with Crippen molar-refractivity contribution in [2.45, 2.75) is 19.0 Å². The molecule has 0 bridgehead atoms. The molecule has 4 rings (SSSR count). The van der Waals surface area contributed by atoms with Crippen molar-refractivity contribution in [2.24, 2.45) is 0 Å². The molecule has 2 heterocycles. The highest BCUT2D eigenvalue weighted by atomic mass is 32.2. The molecule has 0 fully saturated rings. The number of aryl methyl sites for hydroxylation is 2. The molecule has 146 valence electrons. The van der Waals surface area contributed by atoms with E-state index < -0.39 is 0 Å². The van der Waals surface area contributed by atoms with Crippen LogP contribution in [0.3, 0.4) is 0 Å². The standard InChI is InChI=1S/C20H19N7OS/c1-14-6-7-15(2)18(10-14)26-9-8-21-20(26)29-12-19(28)23-16-4-3-5-17(11-16)27-13-22-24-25-27/h3-11,13H,12H2,1-2H3,(H,23,28). The minimum Gasteiger partial charge on any atom is -0.325 e. The van der Waals surface area contributed by atoms with Crippen LogP contribution in [-0.2, 0) is 4.79 Å². The van der Waals surface area contributed by atoms with Gasteiger partial charge in [0.25, 0.3) is 0 Å². The number of rotatable bonds is 6. The molecule has 8 nitrogen and oxygen atoms in total. The number of carbonyl (C=O) groups excluding carboxylic acids is 1. The van der Waals surface area contributed by atoms with Crippen molar-refractivity contribution in [3.63, 3.8) is 0 Å². The van der Waals surface area contributed by atoms with Gasteiger partial charge < -0.3 is 5.32 Å². The Morgan fingerprint density at radius 3 is 2.90 bits per heavy atom. The predicted octanol–water partition coefficient (Wildman–Crippen LogP) is 3.20. The quantitative estimate of drug-likeness (QED) is 0.496. The van der Waals surface area contributed by atoms with Crippen molar-refractivity contribution >= 4 is 23.4 Å². The van der Waals surface area contributed by atoms with E-state index in [1.54, 1.807) is 6.20 Å². The largest absolute Gasteiger partial charge is 0.325 e. The van der Waals surface area contributed by atoms with Gasteiger partial charge in [0, 0.05) is 18.1 Å². The number of benzene rings is 2. The lowest BCUT2D eigenvalue weighted by molar-refractivity contribution is -0.113. The first kappa shape index (κ1) is 18.9. The lowest BCUT2D eigenvalue weighted by atomic mass is 10.1. The number of imidazole rings is 1. The number of anilines is 1. The number of nitrogens with zero attached hydrogens (tertiary/aromatic N) is 6. The van der Waals surface area contributed by atoms with Gasteiger partial charge in [0.2, 0.25) is 5.91 Å². The molecule has 0 spiro atoms. The number of amides is 1. The Morgan fingerprint density at radius 2 is 2.07 bits per heavy atom. The van der Waals surface area contributed by atoms with E-state index in [0.29, 0.717) is 5.69 Å².